The molecule has 22 heavy (non-hydrogen) atoms. The first-order chi connectivity index (χ1) is 10.6. The SMILES string of the molecule is NC(=O)NN=Cc1ccc(Oc2ncccc2[N+](=O)[O-])cc1. The zero-order valence-corrected chi connectivity index (χ0v) is 11.2. The molecule has 0 saturated heterocycles. The predicted octanol–water partition coefficient (Wildman–Crippen LogP) is 1.78. The third kappa shape index (κ3) is 4.00. The molecule has 2 aromatic rings. The van der Waals surface area contributed by atoms with Crippen LogP contribution in [-0.4, -0.2) is 22.2 Å². The number of hydrogen-bond donors (Lipinski definition) is 2. The first-order valence-corrected chi connectivity index (χ1v) is 6.02. The van der Waals surface area contributed by atoms with Crippen LogP contribution in [0, 0.1) is 10.1 Å². The van der Waals surface area contributed by atoms with Crippen molar-refractivity contribution in [3.8, 4) is 11.6 Å². The second kappa shape index (κ2) is 6.79. The molecule has 2 amide bonds. The van der Waals surface area contributed by atoms with Gasteiger partial charge in [-0.15, -0.1) is 0 Å². The van der Waals surface area contributed by atoms with E-state index in [0.29, 0.717) is 11.3 Å². The Labute approximate surface area is 124 Å². The van der Waals surface area contributed by atoms with E-state index in [4.69, 9.17) is 10.5 Å². The van der Waals surface area contributed by atoms with Gasteiger partial charge >= 0.3 is 11.7 Å². The molecule has 9 nitrogen and oxygen atoms in total. The number of ether oxygens (including phenoxy) is 1. The minimum atomic E-state index is -0.765. The highest BCUT2D eigenvalue weighted by Crippen LogP contribution is 2.28. The van der Waals surface area contributed by atoms with Gasteiger partial charge in [-0.25, -0.2) is 15.2 Å². The van der Waals surface area contributed by atoms with Crippen LogP contribution >= 0.6 is 0 Å². The van der Waals surface area contributed by atoms with Gasteiger partial charge in [-0.05, 0) is 35.9 Å². The van der Waals surface area contributed by atoms with Gasteiger partial charge in [0, 0.05) is 12.3 Å². The number of carbonyl (C=O) groups is 1. The number of nitro groups is 1. The maximum absolute atomic E-state index is 10.9. The van der Waals surface area contributed by atoms with Gasteiger partial charge in [-0.1, -0.05) is 0 Å². The van der Waals surface area contributed by atoms with Crippen LogP contribution in [0.2, 0.25) is 0 Å². The number of hydrazone groups is 1. The highest BCUT2D eigenvalue weighted by molar-refractivity contribution is 5.81. The Bertz CT molecular complexity index is 715. The Balaban J connectivity index is 2.10. The van der Waals surface area contributed by atoms with Gasteiger partial charge in [0.2, 0.25) is 0 Å². The molecule has 0 fully saturated rings. The molecular weight excluding hydrogens is 290 g/mol. The number of hydrogen-bond acceptors (Lipinski definition) is 6. The maximum atomic E-state index is 10.9. The van der Waals surface area contributed by atoms with Crippen molar-refractivity contribution in [3.63, 3.8) is 0 Å². The minimum Gasteiger partial charge on any atom is -0.434 e. The van der Waals surface area contributed by atoms with Gasteiger partial charge in [0.15, 0.2) is 0 Å². The minimum absolute atomic E-state index is 0.0932. The number of nitrogens with one attached hydrogen (secondary N) is 1. The summed E-state index contributed by atoms with van der Waals surface area (Å²) in [7, 11) is 0. The number of urea groups is 1. The van der Waals surface area contributed by atoms with Gasteiger partial charge in [0.25, 0.3) is 5.88 Å². The lowest BCUT2D eigenvalue weighted by Crippen LogP contribution is -2.24. The monoisotopic (exact) mass is 301 g/mol. The van der Waals surface area contributed by atoms with Gasteiger partial charge in [0.1, 0.15) is 5.75 Å². The summed E-state index contributed by atoms with van der Waals surface area (Å²) in [5.74, 6) is 0.283. The molecule has 0 aliphatic heterocycles. The van der Waals surface area contributed by atoms with Crippen LogP contribution in [0.4, 0.5) is 10.5 Å². The number of nitrogens with two attached hydrogens (primary N) is 1. The molecule has 0 unspecified atom stereocenters. The number of aromatic nitrogens is 1. The van der Waals surface area contributed by atoms with E-state index < -0.39 is 11.0 Å². The lowest BCUT2D eigenvalue weighted by atomic mass is 10.2. The van der Waals surface area contributed by atoms with E-state index in [1.165, 1.54) is 24.5 Å². The number of benzene rings is 1. The summed E-state index contributed by atoms with van der Waals surface area (Å²) < 4.78 is 5.38. The Hall–Kier alpha value is -3.49. The van der Waals surface area contributed by atoms with Crippen molar-refractivity contribution in [3.05, 3.63) is 58.3 Å². The Morgan fingerprint density at radius 3 is 2.73 bits per heavy atom. The second-order valence-electron chi connectivity index (χ2n) is 3.99. The Kier molecular flexibility index (Phi) is 4.60. The van der Waals surface area contributed by atoms with Crippen LogP contribution in [0.25, 0.3) is 0 Å². The second-order valence-corrected chi connectivity index (χ2v) is 3.99. The van der Waals surface area contributed by atoms with Crippen molar-refractivity contribution < 1.29 is 14.5 Å². The topological polar surface area (TPSA) is 133 Å². The van der Waals surface area contributed by atoms with Crippen molar-refractivity contribution in [1.29, 1.82) is 0 Å². The fraction of sp³-hybridized carbons (Fsp3) is 0. The fourth-order valence-corrected chi connectivity index (χ4v) is 1.50. The number of nitrogens with zero attached hydrogens (tertiary/aromatic N) is 3. The van der Waals surface area contributed by atoms with Gasteiger partial charge in [-0.3, -0.25) is 10.1 Å². The summed E-state index contributed by atoms with van der Waals surface area (Å²) in [4.78, 5) is 24.6. The normalized spacial score (nSPS) is 10.4. The number of amides is 2. The summed E-state index contributed by atoms with van der Waals surface area (Å²) in [5.41, 5.74) is 7.37. The lowest BCUT2D eigenvalue weighted by molar-refractivity contribution is -0.386. The molecular formula is C13H11N5O4. The molecule has 0 saturated carbocycles. The average molecular weight is 301 g/mol. The summed E-state index contributed by atoms with van der Waals surface area (Å²) >= 11 is 0. The zero-order chi connectivity index (χ0) is 15.9. The van der Waals surface area contributed by atoms with Crippen molar-refractivity contribution >= 4 is 17.9 Å². The van der Waals surface area contributed by atoms with Gasteiger partial charge in [0.05, 0.1) is 11.1 Å². The van der Waals surface area contributed by atoms with E-state index in [-0.39, 0.29) is 11.6 Å². The van der Waals surface area contributed by atoms with Crippen molar-refractivity contribution in [2.75, 3.05) is 0 Å². The molecule has 9 heteroatoms. The predicted molar refractivity (Wildman–Crippen MR) is 77.7 cm³/mol. The van der Waals surface area contributed by atoms with E-state index in [0.717, 1.165) is 0 Å². The van der Waals surface area contributed by atoms with Crippen molar-refractivity contribution in [2.24, 2.45) is 10.8 Å². The van der Waals surface area contributed by atoms with Crippen LogP contribution in [0.5, 0.6) is 11.6 Å². The summed E-state index contributed by atoms with van der Waals surface area (Å²) in [5, 5.41) is 14.5. The lowest BCUT2D eigenvalue weighted by Gasteiger charge is -2.04. The van der Waals surface area contributed by atoms with E-state index in [1.807, 2.05) is 0 Å². The Morgan fingerprint density at radius 1 is 1.36 bits per heavy atom. The molecule has 0 aliphatic rings. The number of primary amides is 1. The van der Waals surface area contributed by atoms with Crippen molar-refractivity contribution in [1.82, 2.24) is 10.4 Å². The molecule has 2 rings (SSSR count). The fourth-order valence-electron chi connectivity index (χ4n) is 1.50. The van der Waals surface area contributed by atoms with Gasteiger partial charge in [-0.2, -0.15) is 5.10 Å². The van der Waals surface area contributed by atoms with Gasteiger partial charge < -0.3 is 10.5 Å². The molecule has 0 atom stereocenters. The summed E-state index contributed by atoms with van der Waals surface area (Å²) in [6.07, 6.45) is 2.79. The quantitative estimate of drug-likeness (QED) is 0.493. The summed E-state index contributed by atoms with van der Waals surface area (Å²) in [6, 6.07) is 8.47. The average Bonchev–Trinajstić information content (AvgIpc) is 2.49. The maximum Gasteiger partial charge on any atom is 0.332 e. The Morgan fingerprint density at radius 2 is 2.09 bits per heavy atom. The first-order valence-electron chi connectivity index (χ1n) is 6.02. The smallest absolute Gasteiger partial charge is 0.332 e. The first kappa shape index (κ1) is 14.9. The summed E-state index contributed by atoms with van der Waals surface area (Å²) in [6.45, 7) is 0. The highest BCUT2D eigenvalue weighted by Gasteiger charge is 2.16. The molecule has 0 bridgehead atoms. The van der Waals surface area contributed by atoms with Crippen LogP contribution in [0.1, 0.15) is 5.56 Å². The van der Waals surface area contributed by atoms with E-state index in [9.17, 15) is 14.9 Å². The molecule has 3 N–H and O–H groups in total. The number of rotatable bonds is 5. The third-order valence-corrected chi connectivity index (χ3v) is 2.43. The standard InChI is InChI=1S/C13H11N5O4/c14-13(19)17-16-8-9-3-5-10(6-4-9)22-12-11(18(20)21)2-1-7-15-12/h1-8H,(H3,14,17,19). The largest absolute Gasteiger partial charge is 0.434 e. The van der Waals surface area contributed by atoms with Crippen LogP contribution in [-0.2, 0) is 0 Å². The molecule has 1 aromatic heterocycles. The molecule has 1 aromatic carbocycles. The molecule has 0 aliphatic carbocycles. The molecule has 112 valence electrons. The van der Waals surface area contributed by atoms with E-state index >= 15 is 0 Å². The number of pyridine rings is 1. The van der Waals surface area contributed by atoms with E-state index in [1.54, 1.807) is 24.3 Å². The zero-order valence-electron chi connectivity index (χ0n) is 11.2. The van der Waals surface area contributed by atoms with Crippen LogP contribution in [0.15, 0.2) is 47.7 Å². The number of carbonyl (C=O) groups excluding carboxylic acids is 1. The third-order valence-electron chi connectivity index (χ3n) is 2.43. The molecule has 0 radical (unpaired) electrons. The molecule has 0 spiro atoms. The molecule has 1 heterocycles. The van der Waals surface area contributed by atoms with E-state index in [2.05, 4.69) is 15.5 Å². The van der Waals surface area contributed by atoms with Crippen molar-refractivity contribution in [2.45, 2.75) is 0 Å². The van der Waals surface area contributed by atoms with Crippen LogP contribution in [0.3, 0.4) is 0 Å². The highest BCUT2D eigenvalue weighted by atomic mass is 16.6. The van der Waals surface area contributed by atoms with Crippen LogP contribution < -0.4 is 15.9 Å².